The predicted molar refractivity (Wildman–Crippen MR) is 99.0 cm³/mol. The Hall–Kier alpha value is -2.46. The van der Waals surface area contributed by atoms with E-state index >= 15 is 0 Å². The Labute approximate surface area is 142 Å². The summed E-state index contributed by atoms with van der Waals surface area (Å²) < 4.78 is 1.79. The Morgan fingerprint density at radius 2 is 1.96 bits per heavy atom. The van der Waals surface area contributed by atoms with Crippen molar-refractivity contribution in [1.82, 2.24) is 9.55 Å². The lowest BCUT2D eigenvalue weighted by Crippen LogP contribution is -2.30. The minimum absolute atomic E-state index is 0.0225. The molecule has 0 bridgehead atoms. The highest BCUT2D eigenvalue weighted by Gasteiger charge is 2.15. The van der Waals surface area contributed by atoms with Gasteiger partial charge in [0.05, 0.1) is 0 Å². The fourth-order valence-electron chi connectivity index (χ4n) is 3.22. The fraction of sp³-hybridized carbons (Fsp3) is 0.300. The zero-order valence-electron chi connectivity index (χ0n) is 14.1. The van der Waals surface area contributed by atoms with E-state index in [9.17, 15) is 4.79 Å². The average Bonchev–Trinajstić information content (AvgIpc) is 2.60. The molecular formula is C20H23N3O. The summed E-state index contributed by atoms with van der Waals surface area (Å²) in [6.07, 6.45) is 6.34. The van der Waals surface area contributed by atoms with E-state index in [2.05, 4.69) is 18.8 Å². The topological polar surface area (TPSA) is 60.9 Å². The van der Waals surface area contributed by atoms with Crippen LogP contribution in [0.4, 0.5) is 0 Å². The lowest BCUT2D eigenvalue weighted by molar-refractivity contribution is 0.400. The van der Waals surface area contributed by atoms with Crippen LogP contribution in [0.5, 0.6) is 0 Å². The molecule has 0 aliphatic rings. The van der Waals surface area contributed by atoms with Gasteiger partial charge in [0.25, 0.3) is 5.56 Å². The second kappa shape index (κ2) is 6.97. The number of pyridine rings is 2. The molecule has 0 spiro atoms. The van der Waals surface area contributed by atoms with E-state index in [1.807, 2.05) is 48.8 Å². The van der Waals surface area contributed by atoms with Gasteiger partial charge in [-0.25, -0.2) is 0 Å². The first-order valence-corrected chi connectivity index (χ1v) is 8.36. The first kappa shape index (κ1) is 16.4. The SMILES string of the molecule is CC(C)C[C@H](CN)n1ccc2c(-c3cccnc3)cccc2c1=O. The van der Waals surface area contributed by atoms with Crippen LogP contribution in [0.1, 0.15) is 26.3 Å². The zero-order chi connectivity index (χ0) is 17.1. The minimum atomic E-state index is 0.0225. The normalized spacial score (nSPS) is 12.7. The molecule has 1 aromatic carbocycles. The second-order valence-electron chi connectivity index (χ2n) is 6.56. The Kier molecular flexibility index (Phi) is 4.76. The molecule has 0 radical (unpaired) electrons. The van der Waals surface area contributed by atoms with E-state index in [4.69, 9.17) is 5.73 Å². The van der Waals surface area contributed by atoms with Crippen molar-refractivity contribution in [3.63, 3.8) is 0 Å². The molecule has 4 nitrogen and oxygen atoms in total. The van der Waals surface area contributed by atoms with Crippen LogP contribution in [0.3, 0.4) is 0 Å². The Morgan fingerprint density at radius 1 is 1.12 bits per heavy atom. The molecule has 3 rings (SSSR count). The lowest BCUT2D eigenvalue weighted by Gasteiger charge is -2.21. The number of aromatic nitrogens is 2. The Bertz CT molecular complexity index is 884. The summed E-state index contributed by atoms with van der Waals surface area (Å²) in [5.74, 6) is 0.489. The molecule has 4 heteroatoms. The molecule has 0 saturated heterocycles. The molecule has 0 aliphatic heterocycles. The standard InChI is InChI=1S/C20H23N3O/c1-14(2)11-16(12-21)23-10-8-18-17(15-5-4-9-22-13-15)6-3-7-19(18)20(23)24/h3-10,13-14,16H,11-12,21H2,1-2H3/t16-/m1/s1. The number of benzene rings is 1. The highest BCUT2D eigenvalue weighted by atomic mass is 16.1. The molecule has 2 aromatic heterocycles. The molecule has 0 fully saturated rings. The summed E-state index contributed by atoms with van der Waals surface area (Å²) in [5.41, 5.74) is 7.98. The fourth-order valence-corrected chi connectivity index (χ4v) is 3.22. The average molecular weight is 321 g/mol. The van der Waals surface area contributed by atoms with Crippen molar-refractivity contribution < 1.29 is 0 Å². The van der Waals surface area contributed by atoms with Gasteiger partial charge in [0.2, 0.25) is 0 Å². The van der Waals surface area contributed by atoms with Crippen LogP contribution < -0.4 is 11.3 Å². The third kappa shape index (κ3) is 3.10. The van der Waals surface area contributed by atoms with Gasteiger partial charge in [0.1, 0.15) is 0 Å². The number of hydrogen-bond donors (Lipinski definition) is 1. The largest absolute Gasteiger partial charge is 0.328 e. The summed E-state index contributed by atoms with van der Waals surface area (Å²) in [4.78, 5) is 17.2. The van der Waals surface area contributed by atoms with Gasteiger partial charge >= 0.3 is 0 Å². The monoisotopic (exact) mass is 321 g/mol. The van der Waals surface area contributed by atoms with Crippen LogP contribution in [-0.2, 0) is 0 Å². The van der Waals surface area contributed by atoms with Crippen LogP contribution in [-0.4, -0.2) is 16.1 Å². The summed E-state index contributed by atoms with van der Waals surface area (Å²) in [6, 6.07) is 11.8. The van der Waals surface area contributed by atoms with Gasteiger partial charge in [-0.3, -0.25) is 9.78 Å². The van der Waals surface area contributed by atoms with Crippen LogP contribution in [0.15, 0.2) is 59.8 Å². The van der Waals surface area contributed by atoms with E-state index in [-0.39, 0.29) is 11.6 Å². The van der Waals surface area contributed by atoms with Crippen LogP contribution in [0.2, 0.25) is 0 Å². The smallest absolute Gasteiger partial charge is 0.258 e. The van der Waals surface area contributed by atoms with Crippen LogP contribution >= 0.6 is 0 Å². The number of nitrogens with two attached hydrogens (primary N) is 1. The maximum absolute atomic E-state index is 13.0. The van der Waals surface area contributed by atoms with Gasteiger partial charge < -0.3 is 10.3 Å². The summed E-state index contributed by atoms with van der Waals surface area (Å²) >= 11 is 0. The van der Waals surface area contributed by atoms with Crippen molar-refractivity contribution in [3.05, 3.63) is 65.3 Å². The van der Waals surface area contributed by atoms with Gasteiger partial charge in [0.15, 0.2) is 0 Å². The third-order valence-electron chi connectivity index (χ3n) is 4.35. The molecular weight excluding hydrogens is 298 g/mol. The van der Waals surface area contributed by atoms with E-state index < -0.39 is 0 Å². The van der Waals surface area contributed by atoms with E-state index in [1.165, 1.54) is 0 Å². The van der Waals surface area contributed by atoms with Crippen molar-refractivity contribution in [2.24, 2.45) is 11.7 Å². The van der Waals surface area contributed by atoms with Crippen molar-refractivity contribution in [2.45, 2.75) is 26.3 Å². The maximum atomic E-state index is 13.0. The van der Waals surface area contributed by atoms with Crippen molar-refractivity contribution in [3.8, 4) is 11.1 Å². The molecule has 0 unspecified atom stereocenters. The quantitative estimate of drug-likeness (QED) is 0.781. The molecule has 0 saturated carbocycles. The number of hydrogen-bond acceptors (Lipinski definition) is 3. The Balaban J connectivity index is 2.16. The minimum Gasteiger partial charge on any atom is -0.328 e. The van der Waals surface area contributed by atoms with Crippen molar-refractivity contribution in [2.75, 3.05) is 6.54 Å². The first-order chi connectivity index (χ1) is 11.6. The molecule has 124 valence electrons. The van der Waals surface area contributed by atoms with E-state index in [1.54, 1.807) is 10.8 Å². The van der Waals surface area contributed by atoms with Gasteiger partial charge in [0, 0.05) is 42.1 Å². The van der Waals surface area contributed by atoms with Crippen LogP contribution in [0, 0.1) is 5.92 Å². The second-order valence-corrected chi connectivity index (χ2v) is 6.56. The molecule has 0 aliphatic carbocycles. The predicted octanol–water partition coefficient (Wildman–Crippen LogP) is 3.61. The number of nitrogens with zero attached hydrogens (tertiary/aromatic N) is 2. The summed E-state index contributed by atoms with van der Waals surface area (Å²) in [7, 11) is 0. The van der Waals surface area contributed by atoms with Crippen LogP contribution in [0.25, 0.3) is 21.9 Å². The first-order valence-electron chi connectivity index (χ1n) is 8.36. The third-order valence-corrected chi connectivity index (χ3v) is 4.35. The molecule has 2 heterocycles. The van der Waals surface area contributed by atoms with Crippen molar-refractivity contribution in [1.29, 1.82) is 0 Å². The molecule has 24 heavy (non-hydrogen) atoms. The lowest BCUT2D eigenvalue weighted by atomic mass is 9.99. The molecule has 1 atom stereocenters. The van der Waals surface area contributed by atoms with Gasteiger partial charge in [-0.15, -0.1) is 0 Å². The van der Waals surface area contributed by atoms with Gasteiger partial charge in [-0.05, 0) is 41.5 Å². The maximum Gasteiger partial charge on any atom is 0.258 e. The summed E-state index contributed by atoms with van der Waals surface area (Å²) in [5, 5.41) is 1.67. The summed E-state index contributed by atoms with van der Waals surface area (Å²) in [6.45, 7) is 4.76. The molecule has 0 amide bonds. The zero-order valence-corrected chi connectivity index (χ0v) is 14.1. The number of fused-ring (bicyclic) bond motifs is 1. The molecule has 2 N–H and O–H groups in total. The van der Waals surface area contributed by atoms with Crippen molar-refractivity contribution >= 4 is 10.8 Å². The van der Waals surface area contributed by atoms with E-state index in [0.717, 1.165) is 28.3 Å². The Morgan fingerprint density at radius 3 is 2.62 bits per heavy atom. The number of rotatable bonds is 5. The van der Waals surface area contributed by atoms with Gasteiger partial charge in [-0.2, -0.15) is 0 Å². The highest BCUT2D eigenvalue weighted by molar-refractivity contribution is 5.95. The van der Waals surface area contributed by atoms with Gasteiger partial charge in [-0.1, -0.05) is 32.0 Å². The molecule has 3 aromatic rings. The highest BCUT2D eigenvalue weighted by Crippen LogP contribution is 2.27. The van der Waals surface area contributed by atoms with E-state index in [0.29, 0.717) is 12.5 Å².